The molecule has 1 aromatic carbocycles. The van der Waals surface area contributed by atoms with Crippen molar-refractivity contribution in [1.82, 2.24) is 9.88 Å². The van der Waals surface area contributed by atoms with Crippen LogP contribution in [0.3, 0.4) is 0 Å². The number of hydrogen-bond acceptors (Lipinski definition) is 5. The maximum absolute atomic E-state index is 13.2. The summed E-state index contributed by atoms with van der Waals surface area (Å²) in [7, 11) is 0. The van der Waals surface area contributed by atoms with Crippen molar-refractivity contribution in [3.8, 4) is 11.3 Å². The molecule has 0 bridgehead atoms. The highest BCUT2D eigenvalue weighted by atomic mass is 32.1. The lowest BCUT2D eigenvalue weighted by molar-refractivity contribution is -0.151. The Bertz CT molecular complexity index is 819. The monoisotopic (exact) mass is 390 g/mol. The van der Waals surface area contributed by atoms with Gasteiger partial charge in [0, 0.05) is 23.5 Å². The number of carbonyl (C=O) groups is 2. The highest BCUT2D eigenvalue weighted by Gasteiger charge is 2.30. The van der Waals surface area contributed by atoms with Crippen molar-refractivity contribution in [2.24, 2.45) is 5.92 Å². The number of hydrogen-bond donors (Lipinski definition) is 0. The van der Waals surface area contributed by atoms with E-state index in [1.54, 1.807) is 24.0 Å². The molecule has 2 heterocycles. The predicted octanol–water partition coefficient (Wildman–Crippen LogP) is 3.60. The fourth-order valence-electron chi connectivity index (χ4n) is 3.33. The van der Waals surface area contributed by atoms with Gasteiger partial charge in [-0.25, -0.2) is 9.37 Å². The number of amides is 1. The van der Waals surface area contributed by atoms with E-state index < -0.39 is 0 Å². The zero-order valence-corrected chi connectivity index (χ0v) is 16.4. The van der Waals surface area contributed by atoms with Crippen molar-refractivity contribution in [1.29, 1.82) is 0 Å². The van der Waals surface area contributed by atoms with E-state index in [0.29, 0.717) is 19.7 Å². The maximum atomic E-state index is 13.2. The molecule has 27 heavy (non-hydrogen) atoms. The number of nitrogens with zero attached hydrogens (tertiary/aromatic N) is 2. The molecule has 0 aliphatic carbocycles. The maximum Gasteiger partial charge on any atom is 0.310 e. The summed E-state index contributed by atoms with van der Waals surface area (Å²) in [6.07, 6.45) is 1.78. The third kappa shape index (κ3) is 4.71. The van der Waals surface area contributed by atoms with Gasteiger partial charge in [-0.1, -0.05) is 0 Å². The number of aromatic nitrogens is 1. The first-order valence-electron chi connectivity index (χ1n) is 9.14. The van der Waals surface area contributed by atoms with Gasteiger partial charge in [0.05, 0.1) is 29.6 Å². The highest BCUT2D eigenvalue weighted by Crippen LogP contribution is 2.29. The van der Waals surface area contributed by atoms with Crippen LogP contribution < -0.4 is 0 Å². The number of aryl methyl sites for hydroxylation is 1. The average Bonchev–Trinajstić information content (AvgIpc) is 3.02. The largest absolute Gasteiger partial charge is 0.466 e. The second-order valence-corrected chi connectivity index (χ2v) is 7.91. The van der Waals surface area contributed by atoms with Crippen LogP contribution in [-0.4, -0.2) is 41.5 Å². The smallest absolute Gasteiger partial charge is 0.310 e. The Morgan fingerprint density at radius 2 is 2.07 bits per heavy atom. The second-order valence-electron chi connectivity index (χ2n) is 6.62. The molecule has 1 fully saturated rings. The lowest BCUT2D eigenvalue weighted by Crippen LogP contribution is -2.43. The number of esters is 1. The Morgan fingerprint density at radius 1 is 1.33 bits per heavy atom. The molecule has 2 aromatic rings. The predicted molar refractivity (Wildman–Crippen MR) is 102 cm³/mol. The van der Waals surface area contributed by atoms with Gasteiger partial charge in [-0.15, -0.1) is 11.3 Å². The first-order chi connectivity index (χ1) is 13.0. The lowest BCUT2D eigenvalue weighted by atomic mass is 9.98. The number of halogens is 1. The van der Waals surface area contributed by atoms with Crippen LogP contribution in [0.1, 0.15) is 29.7 Å². The van der Waals surface area contributed by atoms with Gasteiger partial charge in [0.15, 0.2) is 0 Å². The number of rotatable bonds is 5. The van der Waals surface area contributed by atoms with Crippen LogP contribution in [0.15, 0.2) is 24.3 Å². The molecule has 1 atom stereocenters. The van der Waals surface area contributed by atoms with Crippen LogP contribution in [0.2, 0.25) is 0 Å². The van der Waals surface area contributed by atoms with Crippen LogP contribution >= 0.6 is 11.3 Å². The lowest BCUT2D eigenvalue weighted by Gasteiger charge is -2.31. The van der Waals surface area contributed by atoms with Gasteiger partial charge < -0.3 is 9.64 Å². The first-order valence-corrected chi connectivity index (χ1v) is 9.96. The van der Waals surface area contributed by atoms with Gasteiger partial charge in [0.1, 0.15) is 5.82 Å². The van der Waals surface area contributed by atoms with Crippen molar-refractivity contribution in [2.45, 2.75) is 33.1 Å². The zero-order valence-electron chi connectivity index (χ0n) is 15.5. The Hall–Kier alpha value is -2.28. The van der Waals surface area contributed by atoms with E-state index in [-0.39, 0.29) is 30.0 Å². The SMILES string of the molecule is CCOC(=O)[C@H]1CCCN(C(=O)Cc2sc(C)nc2-c2ccc(F)cc2)C1. The molecule has 3 rings (SSSR count). The summed E-state index contributed by atoms with van der Waals surface area (Å²) in [5.41, 5.74) is 1.52. The Balaban J connectivity index is 1.72. The van der Waals surface area contributed by atoms with Crippen LogP contribution in [0, 0.1) is 18.7 Å². The summed E-state index contributed by atoms with van der Waals surface area (Å²) in [5.74, 6) is -0.796. The molecule has 1 aromatic heterocycles. The Morgan fingerprint density at radius 3 is 2.78 bits per heavy atom. The molecule has 0 radical (unpaired) electrons. The number of thiazole rings is 1. The molecule has 1 aliphatic heterocycles. The minimum atomic E-state index is -0.304. The summed E-state index contributed by atoms with van der Waals surface area (Å²) in [6, 6.07) is 6.14. The summed E-state index contributed by atoms with van der Waals surface area (Å²) in [6.45, 7) is 5.08. The Labute approximate surface area is 162 Å². The zero-order chi connectivity index (χ0) is 19.4. The molecule has 7 heteroatoms. The molecule has 0 saturated carbocycles. The van der Waals surface area contributed by atoms with E-state index >= 15 is 0 Å². The molecule has 0 spiro atoms. The number of carbonyl (C=O) groups excluding carboxylic acids is 2. The van der Waals surface area contributed by atoms with Crippen LogP contribution in [0.4, 0.5) is 4.39 Å². The second kappa shape index (κ2) is 8.61. The number of piperidine rings is 1. The molecule has 5 nitrogen and oxygen atoms in total. The molecule has 144 valence electrons. The summed E-state index contributed by atoms with van der Waals surface area (Å²) >= 11 is 1.48. The summed E-state index contributed by atoms with van der Waals surface area (Å²) in [5, 5.41) is 0.861. The van der Waals surface area contributed by atoms with E-state index in [9.17, 15) is 14.0 Å². The molecular weight excluding hydrogens is 367 g/mol. The fourth-order valence-corrected chi connectivity index (χ4v) is 4.28. The average molecular weight is 390 g/mol. The molecule has 1 aliphatic rings. The first kappa shape index (κ1) is 19.5. The molecule has 1 saturated heterocycles. The molecular formula is C20H23FN2O3S. The minimum Gasteiger partial charge on any atom is -0.466 e. The van der Waals surface area contributed by atoms with Crippen LogP contribution in [-0.2, 0) is 20.7 Å². The quantitative estimate of drug-likeness (QED) is 0.732. The minimum absolute atomic E-state index is 0.0176. The van der Waals surface area contributed by atoms with E-state index in [1.807, 2.05) is 6.92 Å². The van der Waals surface area contributed by atoms with Gasteiger partial charge >= 0.3 is 5.97 Å². The standard InChI is InChI=1S/C20H23FN2O3S/c1-3-26-20(25)15-5-4-10-23(12-15)18(24)11-17-19(22-13(2)27-17)14-6-8-16(21)9-7-14/h6-9,15H,3-5,10-12H2,1-2H3/t15-/m0/s1. The van der Waals surface area contributed by atoms with Crippen molar-refractivity contribution < 1.29 is 18.7 Å². The van der Waals surface area contributed by atoms with E-state index in [1.165, 1.54) is 23.5 Å². The molecule has 1 amide bonds. The van der Waals surface area contributed by atoms with Gasteiger partial charge in [0.25, 0.3) is 0 Å². The summed E-state index contributed by atoms with van der Waals surface area (Å²) in [4.78, 5) is 32.0. The molecule has 0 unspecified atom stereocenters. The molecule has 0 N–H and O–H groups in total. The third-order valence-corrected chi connectivity index (χ3v) is 5.60. The normalized spacial score (nSPS) is 17.0. The topological polar surface area (TPSA) is 59.5 Å². The van der Waals surface area contributed by atoms with E-state index in [0.717, 1.165) is 34.0 Å². The van der Waals surface area contributed by atoms with Gasteiger partial charge in [-0.05, 0) is 51.0 Å². The van der Waals surface area contributed by atoms with Crippen LogP contribution in [0.5, 0.6) is 0 Å². The van der Waals surface area contributed by atoms with Crippen LogP contribution in [0.25, 0.3) is 11.3 Å². The van der Waals surface area contributed by atoms with Gasteiger partial charge in [-0.2, -0.15) is 0 Å². The number of ether oxygens (including phenoxy) is 1. The van der Waals surface area contributed by atoms with Gasteiger partial charge in [0.2, 0.25) is 5.91 Å². The van der Waals surface area contributed by atoms with Crippen molar-refractivity contribution in [2.75, 3.05) is 19.7 Å². The number of benzene rings is 1. The highest BCUT2D eigenvalue weighted by molar-refractivity contribution is 7.12. The van der Waals surface area contributed by atoms with Crippen molar-refractivity contribution in [3.05, 3.63) is 40.0 Å². The van der Waals surface area contributed by atoms with E-state index in [2.05, 4.69) is 4.98 Å². The summed E-state index contributed by atoms with van der Waals surface area (Å²) < 4.78 is 18.3. The third-order valence-electron chi connectivity index (χ3n) is 4.63. The van der Waals surface area contributed by atoms with Gasteiger partial charge in [-0.3, -0.25) is 9.59 Å². The van der Waals surface area contributed by atoms with Crippen molar-refractivity contribution >= 4 is 23.2 Å². The number of likely N-dealkylation sites (tertiary alicyclic amines) is 1. The van der Waals surface area contributed by atoms with Crippen molar-refractivity contribution in [3.63, 3.8) is 0 Å². The van der Waals surface area contributed by atoms with E-state index in [4.69, 9.17) is 4.74 Å². The fraction of sp³-hybridized carbons (Fsp3) is 0.450. The Kier molecular flexibility index (Phi) is 6.21.